The highest BCUT2D eigenvalue weighted by atomic mass is 16.6. The number of aromatic amines is 1. The molecule has 1 heterocycles. The maximum Gasteiger partial charge on any atom is 0.280 e. The summed E-state index contributed by atoms with van der Waals surface area (Å²) in [7, 11) is 0. The van der Waals surface area contributed by atoms with Crippen molar-refractivity contribution in [3.63, 3.8) is 0 Å². The Kier molecular flexibility index (Phi) is 4.05. The van der Waals surface area contributed by atoms with Crippen LogP contribution in [0.3, 0.4) is 0 Å². The van der Waals surface area contributed by atoms with Crippen molar-refractivity contribution >= 4 is 5.91 Å². The third-order valence-corrected chi connectivity index (χ3v) is 1.65. The first kappa shape index (κ1) is 11.5. The second kappa shape index (κ2) is 5.31. The van der Waals surface area contributed by atoms with E-state index in [2.05, 4.69) is 10.5 Å². The zero-order valence-corrected chi connectivity index (χ0v) is 8.74. The highest BCUT2D eigenvalue weighted by Gasteiger charge is 2.08. The summed E-state index contributed by atoms with van der Waals surface area (Å²) >= 11 is 0. The fraction of sp³-hybridized carbons (Fsp3) is 0.400. The largest absolute Gasteiger partial charge is 0.367 e. The Labute approximate surface area is 87.4 Å². The molecule has 0 saturated heterocycles. The minimum absolute atomic E-state index is 0.0428. The third kappa shape index (κ3) is 3.55. The van der Waals surface area contributed by atoms with Crippen molar-refractivity contribution in [3.05, 3.63) is 34.2 Å². The first-order chi connectivity index (χ1) is 7.11. The van der Waals surface area contributed by atoms with E-state index in [0.29, 0.717) is 12.5 Å². The molecule has 0 bridgehead atoms. The van der Waals surface area contributed by atoms with Crippen molar-refractivity contribution in [2.75, 3.05) is 6.61 Å². The summed E-state index contributed by atoms with van der Waals surface area (Å²) in [4.78, 5) is 30.2. The van der Waals surface area contributed by atoms with Crippen LogP contribution in [-0.2, 0) is 4.84 Å². The number of nitrogens with one attached hydrogen (secondary N) is 2. The molecule has 0 aliphatic rings. The Bertz CT molecular complexity index is 384. The Hall–Kier alpha value is -1.62. The molecule has 5 nitrogen and oxygen atoms in total. The van der Waals surface area contributed by atoms with Gasteiger partial charge in [-0.25, -0.2) is 5.48 Å². The zero-order valence-electron chi connectivity index (χ0n) is 8.74. The molecule has 0 aliphatic heterocycles. The Morgan fingerprint density at radius 1 is 1.60 bits per heavy atom. The quantitative estimate of drug-likeness (QED) is 0.718. The van der Waals surface area contributed by atoms with Crippen molar-refractivity contribution in [1.82, 2.24) is 10.5 Å². The van der Waals surface area contributed by atoms with E-state index >= 15 is 0 Å². The van der Waals surface area contributed by atoms with E-state index in [9.17, 15) is 9.59 Å². The Balaban J connectivity index is 2.55. The van der Waals surface area contributed by atoms with Crippen LogP contribution in [0, 0.1) is 5.92 Å². The average molecular weight is 210 g/mol. The lowest BCUT2D eigenvalue weighted by molar-refractivity contribution is 0.0207. The van der Waals surface area contributed by atoms with Gasteiger partial charge in [-0.05, 0) is 5.92 Å². The molecule has 0 saturated carbocycles. The summed E-state index contributed by atoms with van der Waals surface area (Å²) in [5, 5.41) is 0. The number of hydrogen-bond acceptors (Lipinski definition) is 3. The van der Waals surface area contributed by atoms with Crippen LogP contribution in [0.4, 0.5) is 0 Å². The molecule has 2 N–H and O–H groups in total. The summed E-state index contributed by atoms with van der Waals surface area (Å²) in [6, 6.07) is 1.29. The monoisotopic (exact) mass is 210 g/mol. The van der Waals surface area contributed by atoms with E-state index < -0.39 is 5.91 Å². The number of pyridine rings is 1. The summed E-state index contributed by atoms with van der Waals surface area (Å²) < 4.78 is 0. The van der Waals surface area contributed by atoms with Gasteiger partial charge >= 0.3 is 0 Å². The molecule has 0 fully saturated rings. The SMILES string of the molecule is CC(C)CONC(=O)c1c[nH]ccc1=O. The van der Waals surface area contributed by atoms with Crippen LogP contribution in [0.2, 0.25) is 0 Å². The van der Waals surface area contributed by atoms with Gasteiger partial charge in [-0.15, -0.1) is 0 Å². The van der Waals surface area contributed by atoms with E-state index in [4.69, 9.17) is 4.84 Å². The molecule has 1 aromatic heterocycles. The number of rotatable bonds is 4. The minimum atomic E-state index is -0.530. The van der Waals surface area contributed by atoms with Gasteiger partial charge in [-0.2, -0.15) is 0 Å². The zero-order chi connectivity index (χ0) is 11.3. The highest BCUT2D eigenvalue weighted by Crippen LogP contribution is 1.92. The van der Waals surface area contributed by atoms with Gasteiger partial charge < -0.3 is 4.98 Å². The summed E-state index contributed by atoms with van der Waals surface area (Å²) in [5.74, 6) is -0.211. The van der Waals surface area contributed by atoms with E-state index in [1.165, 1.54) is 18.5 Å². The van der Waals surface area contributed by atoms with Crippen molar-refractivity contribution in [2.45, 2.75) is 13.8 Å². The second-order valence-electron chi connectivity index (χ2n) is 3.56. The van der Waals surface area contributed by atoms with Gasteiger partial charge in [0.15, 0.2) is 5.43 Å². The Morgan fingerprint density at radius 3 is 2.93 bits per heavy atom. The molecule has 82 valence electrons. The van der Waals surface area contributed by atoms with Gasteiger partial charge in [0.2, 0.25) is 0 Å². The lowest BCUT2D eigenvalue weighted by atomic mass is 10.2. The average Bonchev–Trinajstić information content (AvgIpc) is 2.17. The molecule has 1 aromatic rings. The number of hydrogen-bond donors (Lipinski definition) is 2. The smallest absolute Gasteiger partial charge is 0.280 e. The molecule has 0 aromatic carbocycles. The van der Waals surface area contributed by atoms with Crippen LogP contribution in [0.25, 0.3) is 0 Å². The number of carbonyl (C=O) groups is 1. The third-order valence-electron chi connectivity index (χ3n) is 1.65. The second-order valence-corrected chi connectivity index (χ2v) is 3.56. The van der Waals surface area contributed by atoms with Gasteiger partial charge in [0.25, 0.3) is 5.91 Å². The predicted octanol–water partition coefficient (Wildman–Crippen LogP) is 0.692. The topological polar surface area (TPSA) is 71.2 Å². The summed E-state index contributed by atoms with van der Waals surface area (Å²) in [6.07, 6.45) is 2.81. The standard InChI is InChI=1S/C10H14N2O3/c1-7(2)6-15-12-10(14)8-5-11-4-3-9(8)13/h3-5,7H,6H2,1-2H3,(H,11,13)(H,12,14). The van der Waals surface area contributed by atoms with Crippen molar-refractivity contribution in [1.29, 1.82) is 0 Å². The van der Waals surface area contributed by atoms with Crippen LogP contribution in [0.1, 0.15) is 24.2 Å². The number of amides is 1. The van der Waals surface area contributed by atoms with Gasteiger partial charge in [0.1, 0.15) is 5.56 Å². The van der Waals surface area contributed by atoms with Gasteiger partial charge in [0.05, 0.1) is 6.61 Å². The van der Waals surface area contributed by atoms with Crippen molar-refractivity contribution < 1.29 is 9.63 Å². The summed E-state index contributed by atoms with van der Waals surface area (Å²) in [6.45, 7) is 4.33. The molecule has 0 aliphatic carbocycles. The molecule has 1 amide bonds. The number of hydroxylamine groups is 1. The van der Waals surface area contributed by atoms with E-state index in [0.717, 1.165) is 0 Å². The fourth-order valence-corrected chi connectivity index (χ4v) is 0.922. The van der Waals surface area contributed by atoms with Gasteiger partial charge in [-0.3, -0.25) is 14.4 Å². The number of aromatic nitrogens is 1. The van der Waals surface area contributed by atoms with Crippen LogP contribution in [-0.4, -0.2) is 17.5 Å². The number of H-pyrrole nitrogens is 1. The lowest BCUT2D eigenvalue weighted by Gasteiger charge is -2.06. The van der Waals surface area contributed by atoms with Crippen molar-refractivity contribution in [2.24, 2.45) is 5.92 Å². The molecular weight excluding hydrogens is 196 g/mol. The molecule has 0 atom stereocenters. The maximum atomic E-state index is 11.4. The minimum Gasteiger partial charge on any atom is -0.367 e. The van der Waals surface area contributed by atoms with Gasteiger partial charge in [-0.1, -0.05) is 13.8 Å². The van der Waals surface area contributed by atoms with Crippen LogP contribution >= 0.6 is 0 Å². The molecule has 0 unspecified atom stereocenters. The molecule has 0 spiro atoms. The molecule has 0 radical (unpaired) electrons. The first-order valence-electron chi connectivity index (χ1n) is 4.70. The molecule has 15 heavy (non-hydrogen) atoms. The van der Waals surface area contributed by atoms with Gasteiger partial charge in [0, 0.05) is 18.5 Å². The predicted molar refractivity (Wildman–Crippen MR) is 55.3 cm³/mol. The van der Waals surface area contributed by atoms with Crippen molar-refractivity contribution in [3.8, 4) is 0 Å². The van der Waals surface area contributed by atoms with Crippen LogP contribution in [0.5, 0.6) is 0 Å². The normalized spacial score (nSPS) is 10.3. The van der Waals surface area contributed by atoms with E-state index in [1.807, 2.05) is 13.8 Å². The van der Waals surface area contributed by atoms with Crippen LogP contribution < -0.4 is 10.9 Å². The lowest BCUT2D eigenvalue weighted by Crippen LogP contribution is -2.29. The fourth-order valence-electron chi connectivity index (χ4n) is 0.922. The maximum absolute atomic E-state index is 11.4. The molecular formula is C10H14N2O3. The first-order valence-corrected chi connectivity index (χ1v) is 4.70. The Morgan fingerprint density at radius 2 is 2.33 bits per heavy atom. The molecule has 1 rings (SSSR count). The molecule has 5 heteroatoms. The highest BCUT2D eigenvalue weighted by molar-refractivity contribution is 5.92. The van der Waals surface area contributed by atoms with E-state index in [1.54, 1.807) is 0 Å². The number of carbonyl (C=O) groups excluding carboxylic acids is 1. The summed E-state index contributed by atoms with van der Waals surface area (Å²) in [5.41, 5.74) is 1.92. The van der Waals surface area contributed by atoms with E-state index in [-0.39, 0.29) is 11.0 Å². The van der Waals surface area contributed by atoms with Crippen LogP contribution in [0.15, 0.2) is 23.3 Å².